The van der Waals surface area contributed by atoms with Crippen LogP contribution in [0.25, 0.3) is 0 Å². The van der Waals surface area contributed by atoms with Crippen molar-refractivity contribution in [1.29, 1.82) is 0 Å². The Labute approximate surface area is 201 Å². The molecule has 0 radical (unpaired) electrons. The number of ether oxygens (including phenoxy) is 1. The molecule has 8 heteroatoms. The van der Waals surface area contributed by atoms with E-state index in [-0.39, 0.29) is 11.8 Å². The fourth-order valence-electron chi connectivity index (χ4n) is 5.08. The van der Waals surface area contributed by atoms with Crippen LogP contribution in [-0.2, 0) is 11.3 Å². The number of rotatable bonds is 5. The standard InChI is InChI=1S/C26H34FN5O2/c1-28-11-13-30(14-12-28)25-8-3-22(27)19-21(25)20-31-9-2-10-32(26(31)33)24-6-4-23(5-7-24)29-15-17-34-18-16-29/h3-8,19H,2,9-18,20H2,1H3. The van der Waals surface area contributed by atoms with Gasteiger partial charge in [-0.3, -0.25) is 4.90 Å². The zero-order valence-corrected chi connectivity index (χ0v) is 20.0. The third kappa shape index (κ3) is 4.98. The van der Waals surface area contributed by atoms with Crippen LogP contribution in [0.4, 0.5) is 26.2 Å². The van der Waals surface area contributed by atoms with Crippen molar-refractivity contribution < 1.29 is 13.9 Å². The van der Waals surface area contributed by atoms with E-state index in [1.54, 1.807) is 6.07 Å². The first-order chi connectivity index (χ1) is 16.6. The highest BCUT2D eigenvalue weighted by atomic mass is 19.1. The number of benzene rings is 2. The number of morpholine rings is 1. The molecule has 3 aliphatic heterocycles. The zero-order chi connectivity index (χ0) is 23.5. The van der Waals surface area contributed by atoms with E-state index in [1.165, 1.54) is 6.07 Å². The van der Waals surface area contributed by atoms with Crippen LogP contribution in [0.15, 0.2) is 42.5 Å². The molecule has 0 saturated carbocycles. The smallest absolute Gasteiger partial charge is 0.324 e. The molecule has 3 saturated heterocycles. The molecule has 3 heterocycles. The Morgan fingerprint density at radius 2 is 1.53 bits per heavy atom. The number of hydrogen-bond donors (Lipinski definition) is 0. The van der Waals surface area contributed by atoms with Crippen LogP contribution in [-0.4, -0.2) is 88.5 Å². The molecule has 0 unspecified atom stereocenters. The average Bonchev–Trinajstić information content (AvgIpc) is 2.87. The van der Waals surface area contributed by atoms with Gasteiger partial charge < -0.3 is 24.3 Å². The van der Waals surface area contributed by atoms with Crippen molar-refractivity contribution in [2.24, 2.45) is 0 Å². The van der Waals surface area contributed by atoms with Gasteiger partial charge in [-0.2, -0.15) is 0 Å². The molecule has 0 aromatic heterocycles. The third-order valence-electron chi connectivity index (χ3n) is 7.10. The van der Waals surface area contributed by atoms with Crippen molar-refractivity contribution in [3.8, 4) is 0 Å². The van der Waals surface area contributed by atoms with Crippen molar-refractivity contribution in [1.82, 2.24) is 9.80 Å². The van der Waals surface area contributed by atoms with E-state index in [9.17, 15) is 9.18 Å². The maximum Gasteiger partial charge on any atom is 0.324 e. The summed E-state index contributed by atoms with van der Waals surface area (Å²) in [6.45, 7) is 8.84. The summed E-state index contributed by atoms with van der Waals surface area (Å²) in [5.41, 5.74) is 3.98. The predicted molar refractivity (Wildman–Crippen MR) is 133 cm³/mol. The van der Waals surface area contributed by atoms with Gasteiger partial charge in [0.25, 0.3) is 0 Å². The average molecular weight is 468 g/mol. The van der Waals surface area contributed by atoms with Crippen molar-refractivity contribution in [2.75, 3.05) is 87.3 Å². The molecule has 182 valence electrons. The summed E-state index contributed by atoms with van der Waals surface area (Å²) < 4.78 is 19.7. The Morgan fingerprint density at radius 1 is 0.824 bits per heavy atom. The number of hydrogen-bond acceptors (Lipinski definition) is 5. The van der Waals surface area contributed by atoms with E-state index in [4.69, 9.17) is 4.74 Å². The number of anilines is 3. The molecule has 3 fully saturated rings. The van der Waals surface area contributed by atoms with Crippen LogP contribution < -0.4 is 14.7 Å². The fraction of sp³-hybridized carbons (Fsp3) is 0.500. The first-order valence-corrected chi connectivity index (χ1v) is 12.3. The molecule has 2 aromatic rings. The first-order valence-electron chi connectivity index (χ1n) is 12.3. The van der Waals surface area contributed by atoms with Gasteiger partial charge in [-0.15, -0.1) is 0 Å². The number of nitrogens with zero attached hydrogens (tertiary/aromatic N) is 5. The second-order valence-electron chi connectivity index (χ2n) is 9.39. The number of piperazine rings is 1. The molecule has 0 atom stereocenters. The Balaban J connectivity index is 1.30. The van der Waals surface area contributed by atoms with E-state index >= 15 is 0 Å². The van der Waals surface area contributed by atoms with E-state index in [2.05, 4.69) is 33.9 Å². The second-order valence-corrected chi connectivity index (χ2v) is 9.39. The van der Waals surface area contributed by atoms with Gasteiger partial charge in [0.2, 0.25) is 0 Å². The third-order valence-corrected chi connectivity index (χ3v) is 7.10. The van der Waals surface area contributed by atoms with Crippen molar-refractivity contribution in [3.05, 3.63) is 53.8 Å². The van der Waals surface area contributed by atoms with Crippen molar-refractivity contribution in [3.63, 3.8) is 0 Å². The second kappa shape index (κ2) is 10.2. The molecule has 2 amide bonds. The quantitative estimate of drug-likeness (QED) is 0.676. The molecule has 0 N–H and O–H groups in total. The predicted octanol–water partition coefficient (Wildman–Crippen LogP) is 3.25. The minimum Gasteiger partial charge on any atom is -0.378 e. The first kappa shape index (κ1) is 22.9. The van der Waals surface area contributed by atoms with Crippen LogP contribution in [0.1, 0.15) is 12.0 Å². The zero-order valence-electron chi connectivity index (χ0n) is 20.0. The lowest BCUT2D eigenvalue weighted by molar-refractivity contribution is 0.122. The highest BCUT2D eigenvalue weighted by Gasteiger charge is 2.28. The van der Waals surface area contributed by atoms with Gasteiger partial charge in [-0.05, 0) is 61.5 Å². The number of amides is 2. The van der Waals surface area contributed by atoms with Crippen LogP contribution in [0.2, 0.25) is 0 Å². The number of likely N-dealkylation sites (N-methyl/N-ethyl adjacent to an activating group) is 1. The minimum absolute atomic E-state index is 0.0149. The fourth-order valence-corrected chi connectivity index (χ4v) is 5.08. The van der Waals surface area contributed by atoms with Crippen LogP contribution in [0.3, 0.4) is 0 Å². The summed E-state index contributed by atoms with van der Waals surface area (Å²) in [6.07, 6.45) is 0.885. The molecule has 5 rings (SSSR count). The number of halogens is 1. The molecule has 2 aromatic carbocycles. The Bertz CT molecular complexity index is 987. The molecule has 3 aliphatic rings. The van der Waals surface area contributed by atoms with E-state index in [1.807, 2.05) is 28.0 Å². The van der Waals surface area contributed by atoms with Gasteiger partial charge in [0.05, 0.1) is 13.2 Å². The van der Waals surface area contributed by atoms with Gasteiger partial charge in [-0.25, -0.2) is 9.18 Å². The van der Waals surface area contributed by atoms with Crippen LogP contribution >= 0.6 is 0 Å². The van der Waals surface area contributed by atoms with Gasteiger partial charge in [0, 0.05) is 76.0 Å². The van der Waals surface area contributed by atoms with Gasteiger partial charge in [0.1, 0.15) is 5.82 Å². The van der Waals surface area contributed by atoms with Gasteiger partial charge in [-0.1, -0.05) is 0 Å². The summed E-state index contributed by atoms with van der Waals surface area (Å²) in [5, 5.41) is 0. The normalized spacial score (nSPS) is 20.2. The molecule has 0 spiro atoms. The highest BCUT2D eigenvalue weighted by Crippen LogP contribution is 2.28. The molecule has 34 heavy (non-hydrogen) atoms. The highest BCUT2D eigenvalue weighted by molar-refractivity contribution is 5.93. The lowest BCUT2D eigenvalue weighted by Gasteiger charge is -2.38. The molecular formula is C26H34FN5O2. The van der Waals surface area contributed by atoms with Gasteiger partial charge in [0.15, 0.2) is 0 Å². The summed E-state index contributed by atoms with van der Waals surface area (Å²) in [4.78, 5) is 24.1. The number of carbonyl (C=O) groups excluding carboxylic acids is 1. The molecule has 7 nitrogen and oxygen atoms in total. The summed E-state index contributed by atoms with van der Waals surface area (Å²) >= 11 is 0. The minimum atomic E-state index is -0.257. The molecule has 0 bridgehead atoms. The summed E-state index contributed by atoms with van der Waals surface area (Å²) in [5.74, 6) is -0.257. The van der Waals surface area contributed by atoms with Crippen molar-refractivity contribution in [2.45, 2.75) is 13.0 Å². The summed E-state index contributed by atoms with van der Waals surface area (Å²) in [7, 11) is 2.12. The Morgan fingerprint density at radius 3 is 2.26 bits per heavy atom. The maximum absolute atomic E-state index is 14.2. The Kier molecular flexibility index (Phi) is 6.87. The monoisotopic (exact) mass is 467 g/mol. The largest absolute Gasteiger partial charge is 0.378 e. The molecular weight excluding hydrogens is 433 g/mol. The van der Waals surface area contributed by atoms with E-state index in [0.717, 1.165) is 81.5 Å². The van der Waals surface area contributed by atoms with Crippen LogP contribution in [0.5, 0.6) is 0 Å². The van der Waals surface area contributed by atoms with Crippen molar-refractivity contribution >= 4 is 23.1 Å². The van der Waals surface area contributed by atoms with Crippen LogP contribution in [0, 0.1) is 5.82 Å². The number of urea groups is 1. The number of carbonyl (C=O) groups is 1. The molecule has 0 aliphatic carbocycles. The van der Waals surface area contributed by atoms with E-state index < -0.39 is 0 Å². The Hall–Kier alpha value is -2.84. The lowest BCUT2D eigenvalue weighted by atomic mass is 10.1. The van der Waals surface area contributed by atoms with Gasteiger partial charge >= 0.3 is 6.03 Å². The van der Waals surface area contributed by atoms with E-state index in [0.29, 0.717) is 19.6 Å². The lowest BCUT2D eigenvalue weighted by Crippen LogP contribution is -2.49. The summed E-state index contributed by atoms with van der Waals surface area (Å²) in [6, 6.07) is 13.2. The topological polar surface area (TPSA) is 42.5 Å². The maximum atomic E-state index is 14.2. The SMILES string of the molecule is CN1CCN(c2ccc(F)cc2CN2CCCN(c3ccc(N4CCOCC4)cc3)C2=O)CC1.